The molecule has 0 bridgehead atoms. The maximum absolute atomic E-state index is 12.7. The summed E-state index contributed by atoms with van der Waals surface area (Å²) in [5.41, 5.74) is 0. The second-order valence-corrected chi connectivity index (χ2v) is 7.74. The summed E-state index contributed by atoms with van der Waals surface area (Å²) < 4.78 is 26.9. The smallest absolute Gasteiger partial charge is 0.243 e. The molecular weight excluding hydrogens is 352 g/mol. The fraction of sp³-hybridized carbons (Fsp3) is 0.400. The van der Waals surface area contributed by atoms with Crippen LogP contribution in [0.3, 0.4) is 0 Å². The normalized spacial score (nSPS) is 12.1. The highest BCUT2D eigenvalue weighted by Gasteiger charge is 2.22. The number of unbranched alkanes of at least 4 members (excludes halogenated alkanes) is 2. The third kappa shape index (κ3) is 3.81. The van der Waals surface area contributed by atoms with Gasteiger partial charge in [0.25, 0.3) is 0 Å². The minimum atomic E-state index is -3.46. The highest BCUT2D eigenvalue weighted by molar-refractivity contribution is 9.09. The molecule has 0 N–H and O–H groups in total. The summed E-state index contributed by atoms with van der Waals surface area (Å²) in [6.45, 7) is 0.538. The van der Waals surface area contributed by atoms with Crippen molar-refractivity contribution in [1.29, 1.82) is 0 Å². The van der Waals surface area contributed by atoms with Gasteiger partial charge in [-0.25, -0.2) is 12.7 Å². The molecule has 114 valence electrons. The number of alkyl halides is 1. The van der Waals surface area contributed by atoms with Crippen molar-refractivity contribution >= 4 is 36.7 Å². The number of sulfonamides is 1. The van der Waals surface area contributed by atoms with Crippen LogP contribution in [-0.2, 0) is 10.0 Å². The lowest BCUT2D eigenvalue weighted by Gasteiger charge is -2.18. The van der Waals surface area contributed by atoms with Crippen molar-refractivity contribution in [2.45, 2.75) is 24.2 Å². The Morgan fingerprint density at radius 2 is 2.00 bits per heavy atom. The van der Waals surface area contributed by atoms with Crippen LogP contribution in [0, 0.1) is 0 Å². The van der Waals surface area contributed by atoms with Crippen LogP contribution in [0.4, 0.5) is 0 Å². The van der Waals surface area contributed by atoms with Crippen molar-refractivity contribution in [3.05, 3.63) is 36.7 Å². The van der Waals surface area contributed by atoms with E-state index in [0.29, 0.717) is 11.4 Å². The molecule has 0 saturated carbocycles. The number of hydrogen-bond acceptors (Lipinski definition) is 3. The van der Waals surface area contributed by atoms with Gasteiger partial charge in [0.15, 0.2) is 0 Å². The number of aromatic nitrogens is 1. The lowest BCUT2D eigenvalue weighted by Crippen LogP contribution is -2.28. The highest BCUT2D eigenvalue weighted by Crippen LogP contribution is 2.24. The lowest BCUT2D eigenvalue weighted by atomic mass is 10.2. The average Bonchev–Trinajstić information content (AvgIpc) is 2.50. The van der Waals surface area contributed by atoms with Crippen LogP contribution in [0.25, 0.3) is 10.8 Å². The number of fused-ring (bicyclic) bond motifs is 1. The van der Waals surface area contributed by atoms with Gasteiger partial charge in [-0.1, -0.05) is 34.5 Å². The quantitative estimate of drug-likeness (QED) is 0.554. The molecule has 0 amide bonds. The van der Waals surface area contributed by atoms with Gasteiger partial charge in [0.2, 0.25) is 10.0 Å². The molecule has 0 fully saturated rings. The molecule has 0 aliphatic heterocycles. The summed E-state index contributed by atoms with van der Waals surface area (Å²) in [5.74, 6) is 0. The first kappa shape index (κ1) is 16.4. The molecule has 6 heteroatoms. The van der Waals surface area contributed by atoms with Crippen LogP contribution in [0.5, 0.6) is 0 Å². The zero-order valence-corrected chi connectivity index (χ0v) is 14.4. The van der Waals surface area contributed by atoms with E-state index in [0.717, 1.165) is 35.4 Å². The molecule has 1 aromatic carbocycles. The van der Waals surface area contributed by atoms with Gasteiger partial charge in [-0.05, 0) is 25.0 Å². The van der Waals surface area contributed by atoms with E-state index in [4.69, 9.17) is 0 Å². The van der Waals surface area contributed by atoms with E-state index < -0.39 is 10.0 Å². The summed E-state index contributed by atoms with van der Waals surface area (Å²) in [5, 5.41) is 2.52. The average molecular weight is 371 g/mol. The fourth-order valence-corrected chi connectivity index (χ4v) is 4.03. The first-order valence-corrected chi connectivity index (χ1v) is 9.48. The predicted octanol–water partition coefficient (Wildman–Crippen LogP) is 3.42. The van der Waals surface area contributed by atoms with Crippen LogP contribution in [0.15, 0.2) is 41.6 Å². The summed E-state index contributed by atoms with van der Waals surface area (Å²) in [4.78, 5) is 4.39. The van der Waals surface area contributed by atoms with Crippen LogP contribution in [0.2, 0.25) is 0 Å². The summed E-state index contributed by atoms with van der Waals surface area (Å²) in [6.07, 6.45) is 6.26. The molecule has 2 rings (SSSR count). The standard InChI is InChI=1S/C15H19BrN2O2S/c1-18(11-4-2-3-9-16)21(19,20)15-7-5-6-13-12-17-10-8-14(13)15/h5-8,10,12H,2-4,9,11H2,1H3. The summed E-state index contributed by atoms with van der Waals surface area (Å²) in [6, 6.07) is 7.04. The van der Waals surface area contributed by atoms with Gasteiger partial charge in [-0.3, -0.25) is 4.98 Å². The maximum Gasteiger partial charge on any atom is 0.243 e. The molecule has 21 heavy (non-hydrogen) atoms. The molecule has 2 aromatic rings. The third-order valence-corrected chi connectivity index (χ3v) is 5.91. The van der Waals surface area contributed by atoms with Crippen LogP contribution >= 0.6 is 15.9 Å². The first-order chi connectivity index (χ1) is 10.1. The van der Waals surface area contributed by atoms with Crippen LogP contribution in [-0.4, -0.2) is 36.6 Å². The predicted molar refractivity (Wildman–Crippen MR) is 89.2 cm³/mol. The Morgan fingerprint density at radius 3 is 2.76 bits per heavy atom. The van der Waals surface area contributed by atoms with E-state index >= 15 is 0 Å². The Labute approximate surface area is 134 Å². The molecule has 0 atom stereocenters. The van der Waals surface area contributed by atoms with Crippen molar-refractivity contribution in [2.75, 3.05) is 18.9 Å². The minimum Gasteiger partial charge on any atom is -0.264 e. The first-order valence-electron chi connectivity index (χ1n) is 6.92. The van der Waals surface area contributed by atoms with Gasteiger partial charge in [-0.15, -0.1) is 0 Å². The zero-order chi connectivity index (χ0) is 15.3. The Hall–Kier alpha value is -0.980. The number of rotatable bonds is 7. The monoisotopic (exact) mass is 370 g/mol. The van der Waals surface area contributed by atoms with Crippen molar-refractivity contribution in [1.82, 2.24) is 9.29 Å². The molecule has 0 aliphatic rings. The van der Waals surface area contributed by atoms with Crippen molar-refractivity contribution in [2.24, 2.45) is 0 Å². The maximum atomic E-state index is 12.7. The molecule has 0 unspecified atom stereocenters. The Morgan fingerprint density at radius 1 is 1.19 bits per heavy atom. The van der Waals surface area contributed by atoms with E-state index in [9.17, 15) is 8.42 Å². The van der Waals surface area contributed by atoms with Gasteiger partial charge < -0.3 is 0 Å². The summed E-state index contributed by atoms with van der Waals surface area (Å²) >= 11 is 3.38. The molecule has 0 radical (unpaired) electrons. The second kappa shape index (κ2) is 7.33. The van der Waals surface area contributed by atoms with Gasteiger partial charge in [-0.2, -0.15) is 0 Å². The largest absolute Gasteiger partial charge is 0.264 e. The zero-order valence-electron chi connectivity index (χ0n) is 12.0. The Balaban J connectivity index is 2.25. The number of halogens is 1. The molecule has 0 spiro atoms. The summed E-state index contributed by atoms with van der Waals surface area (Å²) in [7, 11) is -1.82. The van der Waals surface area contributed by atoms with E-state index in [-0.39, 0.29) is 0 Å². The topological polar surface area (TPSA) is 50.3 Å². The third-order valence-electron chi connectivity index (χ3n) is 3.44. The Bertz CT molecular complexity index is 698. The van der Waals surface area contributed by atoms with E-state index in [2.05, 4.69) is 20.9 Å². The van der Waals surface area contributed by atoms with Gasteiger partial charge in [0.1, 0.15) is 0 Å². The van der Waals surface area contributed by atoms with Crippen molar-refractivity contribution in [3.8, 4) is 0 Å². The molecule has 1 heterocycles. The van der Waals surface area contributed by atoms with Gasteiger partial charge >= 0.3 is 0 Å². The number of pyridine rings is 1. The lowest BCUT2D eigenvalue weighted by molar-refractivity contribution is 0.455. The number of benzene rings is 1. The van der Waals surface area contributed by atoms with E-state index in [1.165, 1.54) is 4.31 Å². The molecule has 0 saturated heterocycles. The van der Waals surface area contributed by atoms with Gasteiger partial charge in [0.05, 0.1) is 4.90 Å². The SMILES string of the molecule is CN(CCCCCBr)S(=O)(=O)c1cccc2cnccc12. The Kier molecular flexibility index (Phi) is 5.72. The minimum absolute atomic E-state index is 0.352. The van der Waals surface area contributed by atoms with E-state index in [1.54, 1.807) is 37.6 Å². The van der Waals surface area contributed by atoms with Crippen LogP contribution < -0.4 is 0 Å². The van der Waals surface area contributed by atoms with Crippen molar-refractivity contribution < 1.29 is 8.42 Å². The van der Waals surface area contributed by atoms with Gasteiger partial charge in [0, 0.05) is 42.1 Å². The molecule has 1 aromatic heterocycles. The van der Waals surface area contributed by atoms with Crippen molar-refractivity contribution in [3.63, 3.8) is 0 Å². The molecule has 4 nitrogen and oxygen atoms in total. The number of nitrogens with zero attached hydrogens (tertiary/aromatic N) is 2. The molecular formula is C15H19BrN2O2S. The second-order valence-electron chi connectivity index (χ2n) is 4.93. The molecule has 0 aliphatic carbocycles. The van der Waals surface area contributed by atoms with Crippen LogP contribution in [0.1, 0.15) is 19.3 Å². The number of hydrogen-bond donors (Lipinski definition) is 0. The highest BCUT2D eigenvalue weighted by atomic mass is 79.9. The fourth-order valence-electron chi connectivity index (χ4n) is 2.21. The van der Waals surface area contributed by atoms with E-state index in [1.807, 2.05) is 6.07 Å².